The lowest BCUT2D eigenvalue weighted by molar-refractivity contribution is -0.123. The van der Waals surface area contributed by atoms with Gasteiger partial charge < -0.3 is 16.2 Å². The number of aliphatic hydroxyl groups excluding tert-OH is 1. The van der Waals surface area contributed by atoms with E-state index in [1.807, 2.05) is 24.3 Å². The molecule has 2 rings (SSSR count). The maximum absolute atomic E-state index is 11.9. The zero-order chi connectivity index (χ0) is 11.6. The van der Waals surface area contributed by atoms with Gasteiger partial charge in [0.05, 0.1) is 12.0 Å². The van der Waals surface area contributed by atoms with Crippen LogP contribution >= 0.6 is 0 Å². The van der Waals surface area contributed by atoms with Crippen molar-refractivity contribution in [1.29, 1.82) is 0 Å². The number of benzene rings is 1. The maximum Gasteiger partial charge on any atom is 0.230 e. The molecular weight excluding hydrogens is 204 g/mol. The number of aliphatic hydroxyl groups is 1. The highest BCUT2D eigenvalue weighted by Gasteiger charge is 2.50. The van der Waals surface area contributed by atoms with Crippen LogP contribution in [0.15, 0.2) is 24.3 Å². The van der Waals surface area contributed by atoms with Crippen LogP contribution in [0.5, 0.6) is 0 Å². The average molecular weight is 220 g/mol. The third kappa shape index (κ3) is 1.88. The number of amides is 1. The third-order valence-electron chi connectivity index (χ3n) is 3.05. The number of nitrogens with one attached hydrogen (secondary N) is 1. The van der Waals surface area contributed by atoms with E-state index in [0.717, 1.165) is 18.4 Å². The summed E-state index contributed by atoms with van der Waals surface area (Å²) in [6, 6.07) is 7.44. The quantitative estimate of drug-likeness (QED) is 0.643. The molecule has 1 aliphatic rings. The number of nitrogen functional groups attached to an aromatic ring is 1. The van der Waals surface area contributed by atoms with E-state index in [-0.39, 0.29) is 17.9 Å². The number of carbonyl (C=O) groups is 1. The molecule has 1 fully saturated rings. The first-order valence-electron chi connectivity index (χ1n) is 5.44. The first kappa shape index (κ1) is 11.0. The number of nitrogens with two attached hydrogens (primary N) is 1. The Kier molecular flexibility index (Phi) is 2.83. The molecule has 1 saturated carbocycles. The van der Waals surface area contributed by atoms with E-state index in [1.54, 1.807) is 0 Å². The molecule has 0 saturated heterocycles. The topological polar surface area (TPSA) is 75.4 Å². The molecule has 4 heteroatoms. The zero-order valence-corrected chi connectivity index (χ0v) is 9.07. The van der Waals surface area contributed by atoms with E-state index in [4.69, 9.17) is 10.8 Å². The lowest BCUT2D eigenvalue weighted by Crippen LogP contribution is -2.36. The minimum absolute atomic E-state index is 0.00585. The first-order chi connectivity index (χ1) is 7.69. The Labute approximate surface area is 94.5 Å². The molecule has 0 aliphatic heterocycles. The van der Waals surface area contributed by atoms with Gasteiger partial charge in [-0.25, -0.2) is 0 Å². The molecule has 1 aromatic carbocycles. The molecule has 0 aromatic heterocycles. The van der Waals surface area contributed by atoms with Crippen molar-refractivity contribution in [3.63, 3.8) is 0 Å². The smallest absolute Gasteiger partial charge is 0.230 e. The minimum Gasteiger partial charge on any atom is -0.399 e. The Morgan fingerprint density at radius 1 is 1.38 bits per heavy atom. The van der Waals surface area contributed by atoms with Gasteiger partial charge in [-0.15, -0.1) is 0 Å². The van der Waals surface area contributed by atoms with Crippen molar-refractivity contribution < 1.29 is 9.90 Å². The van der Waals surface area contributed by atoms with Crippen LogP contribution in [0.1, 0.15) is 18.4 Å². The summed E-state index contributed by atoms with van der Waals surface area (Å²) >= 11 is 0. The second-order valence-electron chi connectivity index (χ2n) is 4.18. The summed E-state index contributed by atoms with van der Waals surface area (Å²) in [5, 5.41) is 11.4. The second kappa shape index (κ2) is 4.14. The fourth-order valence-electron chi connectivity index (χ4n) is 1.91. The summed E-state index contributed by atoms with van der Waals surface area (Å²) in [5.74, 6) is 0.00585. The van der Waals surface area contributed by atoms with Crippen LogP contribution in [0.4, 0.5) is 5.69 Å². The molecule has 16 heavy (non-hydrogen) atoms. The molecule has 0 radical (unpaired) electrons. The average Bonchev–Trinajstić information content (AvgIpc) is 3.08. The second-order valence-corrected chi connectivity index (χ2v) is 4.18. The van der Waals surface area contributed by atoms with E-state index >= 15 is 0 Å². The molecule has 4 N–H and O–H groups in total. The highest BCUT2D eigenvalue weighted by molar-refractivity contribution is 5.91. The van der Waals surface area contributed by atoms with Gasteiger partial charge in [0.25, 0.3) is 0 Å². The summed E-state index contributed by atoms with van der Waals surface area (Å²) in [6.45, 7) is 0.291. The number of carbonyl (C=O) groups excluding carboxylic acids is 1. The molecule has 86 valence electrons. The largest absolute Gasteiger partial charge is 0.399 e. The van der Waals surface area contributed by atoms with Crippen molar-refractivity contribution in [3.8, 4) is 0 Å². The van der Waals surface area contributed by atoms with E-state index in [2.05, 4.69) is 5.32 Å². The molecule has 0 heterocycles. The van der Waals surface area contributed by atoms with Gasteiger partial charge in [-0.1, -0.05) is 12.1 Å². The van der Waals surface area contributed by atoms with Gasteiger partial charge in [0.1, 0.15) is 0 Å². The van der Waals surface area contributed by atoms with Gasteiger partial charge in [-0.2, -0.15) is 0 Å². The van der Waals surface area contributed by atoms with Crippen LogP contribution < -0.4 is 11.1 Å². The van der Waals surface area contributed by atoms with Crippen molar-refractivity contribution in [3.05, 3.63) is 29.8 Å². The summed E-state index contributed by atoms with van der Waals surface area (Å²) in [5.41, 5.74) is 6.96. The molecule has 0 unspecified atom stereocenters. The Morgan fingerprint density at radius 3 is 2.50 bits per heavy atom. The lowest BCUT2D eigenvalue weighted by atomic mass is 9.95. The van der Waals surface area contributed by atoms with E-state index in [0.29, 0.717) is 12.2 Å². The molecule has 1 aromatic rings. The SMILES string of the molecule is Nc1ccc(C2(C(=O)NCCO)CC2)cc1. The normalized spacial score (nSPS) is 16.8. The van der Waals surface area contributed by atoms with Gasteiger partial charge in [0, 0.05) is 12.2 Å². The van der Waals surface area contributed by atoms with Gasteiger partial charge >= 0.3 is 0 Å². The molecule has 4 nitrogen and oxygen atoms in total. The van der Waals surface area contributed by atoms with Crippen molar-refractivity contribution in [2.75, 3.05) is 18.9 Å². The number of rotatable bonds is 4. The van der Waals surface area contributed by atoms with Gasteiger partial charge in [0.15, 0.2) is 0 Å². The van der Waals surface area contributed by atoms with E-state index in [9.17, 15) is 4.79 Å². The minimum atomic E-state index is -0.372. The molecule has 1 aliphatic carbocycles. The highest BCUT2D eigenvalue weighted by Crippen LogP contribution is 2.48. The van der Waals surface area contributed by atoms with Crippen molar-refractivity contribution in [1.82, 2.24) is 5.32 Å². The monoisotopic (exact) mass is 220 g/mol. The molecule has 0 spiro atoms. The fourth-order valence-corrected chi connectivity index (χ4v) is 1.91. The van der Waals surface area contributed by atoms with Crippen LogP contribution in [0.25, 0.3) is 0 Å². The van der Waals surface area contributed by atoms with E-state index in [1.165, 1.54) is 0 Å². The molecule has 0 atom stereocenters. The Morgan fingerprint density at radius 2 is 2.00 bits per heavy atom. The standard InChI is InChI=1S/C12H16N2O2/c13-10-3-1-9(2-4-10)12(5-6-12)11(16)14-7-8-15/h1-4,15H,5-8,13H2,(H,14,16). The predicted molar refractivity (Wildman–Crippen MR) is 61.9 cm³/mol. The summed E-state index contributed by atoms with van der Waals surface area (Å²) in [6.07, 6.45) is 1.74. The van der Waals surface area contributed by atoms with Crippen molar-refractivity contribution in [2.45, 2.75) is 18.3 Å². The lowest BCUT2D eigenvalue weighted by Gasteiger charge is -2.15. The molecular formula is C12H16N2O2. The summed E-state index contributed by atoms with van der Waals surface area (Å²) in [7, 11) is 0. The third-order valence-corrected chi connectivity index (χ3v) is 3.05. The Hall–Kier alpha value is -1.55. The van der Waals surface area contributed by atoms with Crippen molar-refractivity contribution in [2.24, 2.45) is 0 Å². The van der Waals surface area contributed by atoms with Crippen molar-refractivity contribution >= 4 is 11.6 Å². The summed E-state index contributed by atoms with van der Waals surface area (Å²) < 4.78 is 0. The zero-order valence-electron chi connectivity index (χ0n) is 9.07. The summed E-state index contributed by atoms with van der Waals surface area (Å²) in [4.78, 5) is 11.9. The van der Waals surface area contributed by atoms with Crippen LogP contribution in [-0.4, -0.2) is 24.2 Å². The van der Waals surface area contributed by atoms with Gasteiger partial charge in [-0.3, -0.25) is 4.79 Å². The Bertz CT molecular complexity index is 383. The van der Waals surface area contributed by atoms with Gasteiger partial charge in [0.2, 0.25) is 5.91 Å². The number of hydrogen-bond donors (Lipinski definition) is 3. The van der Waals surface area contributed by atoms with Crippen LogP contribution in [-0.2, 0) is 10.2 Å². The molecule has 0 bridgehead atoms. The number of anilines is 1. The van der Waals surface area contributed by atoms with Crippen LogP contribution in [0.3, 0.4) is 0 Å². The fraction of sp³-hybridized carbons (Fsp3) is 0.417. The van der Waals surface area contributed by atoms with E-state index < -0.39 is 0 Å². The highest BCUT2D eigenvalue weighted by atomic mass is 16.3. The maximum atomic E-state index is 11.9. The predicted octanol–water partition coefficient (Wildman–Crippen LogP) is 0.409. The Balaban J connectivity index is 2.13. The van der Waals surface area contributed by atoms with Crippen LogP contribution in [0.2, 0.25) is 0 Å². The first-order valence-corrected chi connectivity index (χ1v) is 5.44. The molecule has 1 amide bonds. The van der Waals surface area contributed by atoms with Crippen LogP contribution in [0, 0.1) is 0 Å². The number of hydrogen-bond acceptors (Lipinski definition) is 3. The van der Waals surface area contributed by atoms with Gasteiger partial charge in [-0.05, 0) is 30.5 Å².